The first-order valence-corrected chi connectivity index (χ1v) is 14.6. The molecule has 0 saturated carbocycles. The van der Waals surface area contributed by atoms with Crippen molar-refractivity contribution in [3.8, 4) is 0 Å². The van der Waals surface area contributed by atoms with Crippen LogP contribution in [0.25, 0.3) is 0 Å². The highest BCUT2D eigenvalue weighted by Gasteiger charge is 2.28. The van der Waals surface area contributed by atoms with Gasteiger partial charge in [-0.1, -0.05) is 23.7 Å². The Balaban J connectivity index is 1.51. The number of hydrogen-bond acceptors (Lipinski definition) is 5. The Morgan fingerprint density at radius 2 is 1.44 bits per heavy atom. The molecule has 1 aliphatic heterocycles. The van der Waals surface area contributed by atoms with Crippen molar-refractivity contribution in [2.24, 2.45) is 0 Å². The number of halogens is 1. The van der Waals surface area contributed by atoms with Crippen LogP contribution in [-0.2, 0) is 20.0 Å². The monoisotopic (exact) mass is 547 g/mol. The van der Waals surface area contributed by atoms with Crippen LogP contribution in [-0.4, -0.2) is 40.1 Å². The third-order valence-electron chi connectivity index (χ3n) is 6.02. The third-order valence-corrected chi connectivity index (χ3v) is 9.53. The number of rotatable bonds is 7. The fourth-order valence-electron chi connectivity index (χ4n) is 3.91. The van der Waals surface area contributed by atoms with Crippen LogP contribution in [0.5, 0.6) is 0 Å². The van der Waals surface area contributed by atoms with Crippen molar-refractivity contribution < 1.29 is 21.6 Å². The maximum atomic E-state index is 13.0. The lowest BCUT2D eigenvalue weighted by atomic mass is 10.1. The Hall–Kier alpha value is -2.92. The number of nitrogens with one attached hydrogen (secondary N) is 2. The molecule has 1 saturated heterocycles. The van der Waals surface area contributed by atoms with Gasteiger partial charge in [-0.05, 0) is 86.3 Å². The second kappa shape index (κ2) is 10.2. The van der Waals surface area contributed by atoms with Crippen LogP contribution in [0.4, 0.5) is 11.4 Å². The SMILES string of the molecule is Cc1ccc(Cl)cc1NS(=O)(=O)c1ccc(NC(=O)c2cc(S(=O)(=O)N3CCCC3)ccc2C)cc1. The lowest BCUT2D eigenvalue weighted by Crippen LogP contribution is -2.28. The first-order valence-electron chi connectivity index (χ1n) is 11.3. The lowest BCUT2D eigenvalue weighted by molar-refractivity contribution is 0.102. The van der Waals surface area contributed by atoms with Crippen molar-refractivity contribution in [3.05, 3.63) is 82.4 Å². The normalized spacial score (nSPS) is 14.5. The van der Waals surface area contributed by atoms with Gasteiger partial charge in [0.1, 0.15) is 0 Å². The first kappa shape index (κ1) is 26.2. The van der Waals surface area contributed by atoms with Crippen LogP contribution in [0, 0.1) is 13.8 Å². The molecule has 0 aliphatic carbocycles. The summed E-state index contributed by atoms with van der Waals surface area (Å²) in [5, 5.41) is 3.12. The van der Waals surface area contributed by atoms with E-state index >= 15 is 0 Å². The van der Waals surface area contributed by atoms with Crippen LogP contribution in [0.15, 0.2) is 70.5 Å². The molecule has 36 heavy (non-hydrogen) atoms. The summed E-state index contributed by atoms with van der Waals surface area (Å²) in [6, 6.07) is 15.1. The van der Waals surface area contributed by atoms with Gasteiger partial charge in [-0.15, -0.1) is 0 Å². The molecule has 3 aromatic carbocycles. The molecule has 8 nitrogen and oxygen atoms in total. The smallest absolute Gasteiger partial charge is 0.261 e. The fraction of sp³-hybridized carbons (Fsp3) is 0.240. The Morgan fingerprint density at radius 3 is 2.11 bits per heavy atom. The number of carbonyl (C=O) groups excluding carboxylic acids is 1. The van der Waals surface area contributed by atoms with Gasteiger partial charge in [-0.25, -0.2) is 16.8 Å². The van der Waals surface area contributed by atoms with Crippen LogP contribution in [0.1, 0.15) is 34.3 Å². The van der Waals surface area contributed by atoms with E-state index in [2.05, 4.69) is 10.0 Å². The lowest BCUT2D eigenvalue weighted by Gasteiger charge is -2.17. The summed E-state index contributed by atoms with van der Waals surface area (Å²) in [7, 11) is -7.55. The van der Waals surface area contributed by atoms with Crippen LogP contribution < -0.4 is 10.0 Å². The van der Waals surface area contributed by atoms with E-state index in [9.17, 15) is 21.6 Å². The second-order valence-corrected chi connectivity index (χ2v) is 12.7. The Kier molecular flexibility index (Phi) is 7.42. The first-order chi connectivity index (χ1) is 17.0. The molecule has 0 bridgehead atoms. The number of hydrogen-bond donors (Lipinski definition) is 2. The average Bonchev–Trinajstić information content (AvgIpc) is 3.38. The number of carbonyl (C=O) groups is 1. The molecular weight excluding hydrogens is 522 g/mol. The molecule has 11 heteroatoms. The molecule has 1 aliphatic rings. The number of nitrogens with zero attached hydrogens (tertiary/aromatic N) is 1. The van der Waals surface area contributed by atoms with Crippen molar-refractivity contribution in [2.75, 3.05) is 23.1 Å². The van der Waals surface area contributed by atoms with Crippen molar-refractivity contribution >= 4 is 48.9 Å². The van der Waals surface area contributed by atoms with Gasteiger partial charge in [0, 0.05) is 29.4 Å². The zero-order valence-electron chi connectivity index (χ0n) is 19.8. The van der Waals surface area contributed by atoms with E-state index in [1.807, 2.05) is 0 Å². The maximum Gasteiger partial charge on any atom is 0.261 e. The van der Waals surface area contributed by atoms with Gasteiger partial charge in [0.2, 0.25) is 10.0 Å². The highest BCUT2D eigenvalue weighted by molar-refractivity contribution is 7.92. The molecule has 190 valence electrons. The van der Waals surface area contributed by atoms with Crippen molar-refractivity contribution in [1.29, 1.82) is 0 Å². The van der Waals surface area contributed by atoms with Gasteiger partial charge >= 0.3 is 0 Å². The topological polar surface area (TPSA) is 113 Å². The second-order valence-electron chi connectivity index (χ2n) is 8.63. The quantitative estimate of drug-likeness (QED) is 0.441. The molecule has 0 spiro atoms. The number of amides is 1. The van der Waals surface area contributed by atoms with Crippen molar-refractivity contribution in [3.63, 3.8) is 0 Å². The minimum atomic E-state index is -3.88. The molecule has 0 radical (unpaired) electrons. The molecule has 0 aromatic heterocycles. The Labute approximate surface area is 216 Å². The zero-order valence-corrected chi connectivity index (χ0v) is 22.2. The largest absolute Gasteiger partial charge is 0.322 e. The summed E-state index contributed by atoms with van der Waals surface area (Å²) in [5.41, 5.74) is 2.30. The Morgan fingerprint density at radius 1 is 0.833 bits per heavy atom. The van der Waals surface area contributed by atoms with Crippen molar-refractivity contribution in [2.45, 2.75) is 36.5 Å². The van der Waals surface area contributed by atoms with Crippen molar-refractivity contribution in [1.82, 2.24) is 4.31 Å². The Bertz CT molecular complexity index is 1520. The summed E-state index contributed by atoms with van der Waals surface area (Å²) >= 11 is 5.98. The van der Waals surface area contributed by atoms with Crippen LogP contribution in [0.2, 0.25) is 5.02 Å². The predicted octanol–water partition coefficient (Wildman–Crippen LogP) is 4.79. The standard InChI is InChI=1S/C25H26ClN3O5S2/c1-17-6-10-22(36(33,34)29-13-3-4-14-29)16-23(17)25(30)27-20-8-11-21(12-9-20)35(31,32)28-24-15-19(26)7-5-18(24)2/h5-12,15-16,28H,3-4,13-14H2,1-2H3,(H,27,30). The van der Waals surface area contributed by atoms with E-state index in [4.69, 9.17) is 11.6 Å². The fourth-order valence-corrected chi connectivity index (χ4v) is 6.75. The van der Waals surface area contributed by atoms with E-state index in [0.717, 1.165) is 18.4 Å². The number of sulfonamides is 2. The minimum Gasteiger partial charge on any atom is -0.322 e. The summed E-state index contributed by atoms with van der Waals surface area (Å²) in [4.78, 5) is 13.0. The summed E-state index contributed by atoms with van der Waals surface area (Å²) in [6.45, 7) is 4.43. The van der Waals surface area contributed by atoms with E-state index in [1.54, 1.807) is 32.0 Å². The molecule has 2 N–H and O–H groups in total. The van der Waals surface area contributed by atoms with Crippen LogP contribution in [0.3, 0.4) is 0 Å². The average molecular weight is 548 g/mol. The van der Waals surface area contributed by atoms with Gasteiger partial charge in [0.25, 0.3) is 15.9 Å². The highest BCUT2D eigenvalue weighted by atomic mass is 35.5. The van der Waals surface area contributed by atoms with Gasteiger partial charge < -0.3 is 5.32 Å². The van der Waals surface area contributed by atoms with E-state index in [-0.39, 0.29) is 15.4 Å². The van der Waals surface area contributed by atoms with Gasteiger partial charge in [-0.2, -0.15) is 4.31 Å². The van der Waals surface area contributed by atoms with Gasteiger partial charge in [0.05, 0.1) is 15.5 Å². The van der Waals surface area contributed by atoms with E-state index in [0.29, 0.717) is 35.1 Å². The molecule has 3 aromatic rings. The molecular formula is C25H26ClN3O5S2. The van der Waals surface area contributed by atoms with E-state index in [1.165, 1.54) is 46.8 Å². The third kappa shape index (κ3) is 5.57. The number of anilines is 2. The predicted molar refractivity (Wildman–Crippen MR) is 141 cm³/mol. The molecule has 0 atom stereocenters. The summed E-state index contributed by atoms with van der Waals surface area (Å²) in [6.07, 6.45) is 1.64. The van der Waals surface area contributed by atoms with Gasteiger partial charge in [0.15, 0.2) is 0 Å². The van der Waals surface area contributed by atoms with E-state index < -0.39 is 26.0 Å². The highest BCUT2D eigenvalue weighted by Crippen LogP contribution is 2.26. The number of aryl methyl sites for hydroxylation is 2. The number of benzene rings is 3. The molecule has 1 heterocycles. The molecule has 1 amide bonds. The zero-order chi connectivity index (χ0) is 26.1. The van der Waals surface area contributed by atoms with Gasteiger partial charge in [-0.3, -0.25) is 9.52 Å². The summed E-state index contributed by atoms with van der Waals surface area (Å²) < 4.78 is 55.4. The maximum absolute atomic E-state index is 13.0. The van der Waals surface area contributed by atoms with Crippen LogP contribution >= 0.6 is 11.6 Å². The summed E-state index contributed by atoms with van der Waals surface area (Å²) in [5.74, 6) is -0.491. The molecule has 4 rings (SSSR count). The molecule has 1 fully saturated rings. The minimum absolute atomic E-state index is 0.00904. The molecule has 0 unspecified atom stereocenters.